The lowest BCUT2D eigenvalue weighted by atomic mass is 10.0. The summed E-state index contributed by atoms with van der Waals surface area (Å²) < 4.78 is 17.1. The summed E-state index contributed by atoms with van der Waals surface area (Å²) in [5, 5.41) is 4.93. The summed E-state index contributed by atoms with van der Waals surface area (Å²) in [6.45, 7) is 5.14. The van der Waals surface area contributed by atoms with Crippen molar-refractivity contribution < 1.29 is 4.39 Å². The molecule has 0 spiro atoms. The Morgan fingerprint density at radius 1 is 1.13 bits per heavy atom. The highest BCUT2D eigenvalue weighted by Crippen LogP contribution is 2.41. The zero-order valence-electron chi connectivity index (χ0n) is 12.9. The molecule has 23 heavy (non-hydrogen) atoms. The SMILES string of the molecule is CCn1c(C)c(-c2csc3ccc(F)cc23)c2cc(Cl)ccc21. The third kappa shape index (κ3) is 2.19. The van der Waals surface area contributed by atoms with E-state index < -0.39 is 0 Å². The van der Waals surface area contributed by atoms with E-state index in [2.05, 4.69) is 29.9 Å². The van der Waals surface area contributed by atoms with Gasteiger partial charge in [0.15, 0.2) is 0 Å². The van der Waals surface area contributed by atoms with E-state index in [0.29, 0.717) is 0 Å². The van der Waals surface area contributed by atoms with E-state index in [4.69, 9.17) is 11.6 Å². The molecule has 0 atom stereocenters. The molecular formula is C19H15ClFNS. The first-order valence-electron chi connectivity index (χ1n) is 7.55. The summed E-state index contributed by atoms with van der Waals surface area (Å²) in [5.41, 5.74) is 4.59. The fourth-order valence-electron chi connectivity index (χ4n) is 3.40. The quantitative estimate of drug-likeness (QED) is 0.384. The second kappa shape index (κ2) is 5.36. The van der Waals surface area contributed by atoms with Crippen molar-refractivity contribution >= 4 is 43.9 Å². The van der Waals surface area contributed by atoms with Crippen LogP contribution in [0.1, 0.15) is 12.6 Å². The molecule has 4 rings (SSSR count). The highest BCUT2D eigenvalue weighted by molar-refractivity contribution is 7.17. The van der Waals surface area contributed by atoms with Gasteiger partial charge in [-0.15, -0.1) is 11.3 Å². The van der Waals surface area contributed by atoms with E-state index in [1.807, 2.05) is 18.2 Å². The zero-order valence-corrected chi connectivity index (χ0v) is 14.4. The van der Waals surface area contributed by atoms with Crippen LogP contribution in [0.2, 0.25) is 5.02 Å². The molecule has 116 valence electrons. The van der Waals surface area contributed by atoms with Gasteiger partial charge in [0.05, 0.1) is 0 Å². The van der Waals surface area contributed by atoms with Crippen LogP contribution in [0.4, 0.5) is 4.39 Å². The van der Waals surface area contributed by atoms with E-state index >= 15 is 0 Å². The molecule has 0 N–H and O–H groups in total. The first-order chi connectivity index (χ1) is 11.1. The molecule has 4 aromatic rings. The van der Waals surface area contributed by atoms with Crippen LogP contribution in [0, 0.1) is 12.7 Å². The van der Waals surface area contributed by atoms with Crippen LogP contribution in [0.15, 0.2) is 41.8 Å². The summed E-state index contributed by atoms with van der Waals surface area (Å²) in [7, 11) is 0. The average molecular weight is 344 g/mol. The molecular weight excluding hydrogens is 329 g/mol. The van der Waals surface area contributed by atoms with Crippen LogP contribution in [-0.2, 0) is 6.54 Å². The monoisotopic (exact) mass is 343 g/mol. The van der Waals surface area contributed by atoms with E-state index in [0.717, 1.165) is 38.2 Å². The smallest absolute Gasteiger partial charge is 0.123 e. The van der Waals surface area contributed by atoms with Crippen molar-refractivity contribution in [2.45, 2.75) is 20.4 Å². The highest BCUT2D eigenvalue weighted by Gasteiger charge is 2.18. The number of hydrogen-bond donors (Lipinski definition) is 0. The minimum atomic E-state index is -0.202. The van der Waals surface area contributed by atoms with Crippen LogP contribution < -0.4 is 0 Å². The minimum Gasteiger partial charge on any atom is -0.345 e. The summed E-state index contributed by atoms with van der Waals surface area (Å²) in [5.74, 6) is -0.202. The fraction of sp³-hybridized carbons (Fsp3) is 0.158. The highest BCUT2D eigenvalue weighted by atomic mass is 35.5. The van der Waals surface area contributed by atoms with Gasteiger partial charge in [-0.05, 0) is 55.6 Å². The molecule has 0 amide bonds. The Kier molecular flexibility index (Phi) is 3.43. The molecule has 4 heteroatoms. The predicted molar refractivity (Wildman–Crippen MR) is 98.1 cm³/mol. The van der Waals surface area contributed by atoms with E-state index in [1.54, 1.807) is 17.4 Å². The fourth-order valence-corrected chi connectivity index (χ4v) is 4.50. The normalized spacial score (nSPS) is 11.7. The lowest BCUT2D eigenvalue weighted by Gasteiger charge is -2.04. The summed E-state index contributed by atoms with van der Waals surface area (Å²) in [4.78, 5) is 0. The van der Waals surface area contributed by atoms with Gasteiger partial charge in [-0.25, -0.2) is 4.39 Å². The third-order valence-electron chi connectivity index (χ3n) is 4.41. The lowest BCUT2D eigenvalue weighted by Crippen LogP contribution is -1.96. The number of benzene rings is 2. The number of hydrogen-bond acceptors (Lipinski definition) is 1. The van der Waals surface area contributed by atoms with Crippen LogP contribution >= 0.6 is 22.9 Å². The van der Waals surface area contributed by atoms with Gasteiger partial charge in [0.1, 0.15) is 5.82 Å². The summed E-state index contributed by atoms with van der Waals surface area (Å²) >= 11 is 7.88. The Hall–Kier alpha value is -1.84. The number of aryl methyl sites for hydroxylation is 1. The lowest BCUT2D eigenvalue weighted by molar-refractivity contribution is 0.630. The van der Waals surface area contributed by atoms with Crippen molar-refractivity contribution in [2.75, 3.05) is 0 Å². The van der Waals surface area contributed by atoms with Gasteiger partial charge in [-0.2, -0.15) is 0 Å². The van der Waals surface area contributed by atoms with E-state index in [-0.39, 0.29) is 5.82 Å². The van der Waals surface area contributed by atoms with Gasteiger partial charge < -0.3 is 4.57 Å². The Balaban J connectivity index is 2.13. The first-order valence-corrected chi connectivity index (χ1v) is 8.81. The van der Waals surface area contributed by atoms with Gasteiger partial charge in [0.2, 0.25) is 0 Å². The molecule has 0 bridgehead atoms. The van der Waals surface area contributed by atoms with Gasteiger partial charge in [0.25, 0.3) is 0 Å². The van der Waals surface area contributed by atoms with Crippen molar-refractivity contribution in [3.05, 3.63) is 58.3 Å². The Labute approximate surface area is 142 Å². The molecule has 0 aliphatic heterocycles. The Morgan fingerprint density at radius 3 is 2.74 bits per heavy atom. The second-order valence-electron chi connectivity index (χ2n) is 5.66. The number of aromatic nitrogens is 1. The van der Waals surface area contributed by atoms with E-state index in [9.17, 15) is 4.39 Å². The maximum atomic E-state index is 13.7. The van der Waals surface area contributed by atoms with Crippen molar-refractivity contribution in [2.24, 2.45) is 0 Å². The van der Waals surface area contributed by atoms with Crippen molar-refractivity contribution in [1.29, 1.82) is 0 Å². The second-order valence-corrected chi connectivity index (χ2v) is 7.00. The Morgan fingerprint density at radius 2 is 1.96 bits per heavy atom. The largest absolute Gasteiger partial charge is 0.345 e. The van der Waals surface area contributed by atoms with Gasteiger partial charge >= 0.3 is 0 Å². The molecule has 2 aromatic heterocycles. The predicted octanol–water partition coefficient (Wildman–Crippen LogP) is 6.64. The molecule has 2 aromatic carbocycles. The molecule has 0 saturated carbocycles. The standard InChI is InChI=1S/C19H15ClFNS/c1-3-22-11(2)19(15-8-12(20)4-6-17(15)22)16-10-23-18-7-5-13(21)9-14(16)18/h4-10H,3H2,1-2H3. The van der Waals surface area contributed by atoms with Crippen LogP contribution in [0.5, 0.6) is 0 Å². The number of thiophene rings is 1. The maximum absolute atomic E-state index is 13.7. The van der Waals surface area contributed by atoms with Gasteiger partial charge in [-0.3, -0.25) is 0 Å². The molecule has 0 saturated heterocycles. The van der Waals surface area contributed by atoms with Gasteiger partial charge in [0, 0.05) is 49.4 Å². The van der Waals surface area contributed by atoms with Crippen LogP contribution in [-0.4, -0.2) is 4.57 Å². The van der Waals surface area contributed by atoms with Gasteiger partial charge in [-0.1, -0.05) is 11.6 Å². The number of nitrogens with zero attached hydrogens (tertiary/aromatic N) is 1. The van der Waals surface area contributed by atoms with Crippen molar-refractivity contribution in [3.63, 3.8) is 0 Å². The third-order valence-corrected chi connectivity index (χ3v) is 5.61. The van der Waals surface area contributed by atoms with Crippen molar-refractivity contribution in [3.8, 4) is 11.1 Å². The summed E-state index contributed by atoms with van der Waals surface area (Å²) in [6, 6.07) is 11.0. The molecule has 0 unspecified atom stereocenters. The maximum Gasteiger partial charge on any atom is 0.123 e. The molecule has 0 aliphatic rings. The molecule has 0 aliphatic carbocycles. The number of rotatable bonds is 2. The molecule has 2 heterocycles. The van der Waals surface area contributed by atoms with Crippen molar-refractivity contribution in [1.82, 2.24) is 4.57 Å². The molecule has 0 radical (unpaired) electrons. The zero-order chi connectivity index (χ0) is 16.1. The summed E-state index contributed by atoms with van der Waals surface area (Å²) in [6.07, 6.45) is 0. The number of halogens is 2. The average Bonchev–Trinajstić information content (AvgIpc) is 3.04. The minimum absolute atomic E-state index is 0.202. The van der Waals surface area contributed by atoms with Crippen LogP contribution in [0.25, 0.3) is 32.1 Å². The van der Waals surface area contributed by atoms with Crippen LogP contribution in [0.3, 0.4) is 0 Å². The van der Waals surface area contributed by atoms with E-state index in [1.165, 1.54) is 17.3 Å². The first kappa shape index (κ1) is 14.7. The Bertz CT molecular complexity index is 1040. The molecule has 0 fully saturated rings. The topological polar surface area (TPSA) is 4.93 Å². The molecule has 1 nitrogen and oxygen atoms in total. The number of fused-ring (bicyclic) bond motifs is 2.